The van der Waals surface area contributed by atoms with E-state index in [0.717, 1.165) is 30.4 Å². The second-order valence-corrected chi connectivity index (χ2v) is 6.85. The van der Waals surface area contributed by atoms with Crippen LogP contribution in [-0.4, -0.2) is 41.9 Å². The summed E-state index contributed by atoms with van der Waals surface area (Å²) in [5, 5.41) is 3.04. The summed E-state index contributed by atoms with van der Waals surface area (Å²) in [4.78, 5) is 26.5. The molecule has 1 aromatic rings. The van der Waals surface area contributed by atoms with Gasteiger partial charge in [-0.3, -0.25) is 9.59 Å². The number of nitrogens with two attached hydrogens (primary N) is 1. The molecule has 2 atom stereocenters. The molecule has 0 saturated carbocycles. The lowest BCUT2D eigenvalue weighted by molar-refractivity contribution is -0.124. The monoisotopic (exact) mass is 367 g/mol. The van der Waals surface area contributed by atoms with E-state index in [9.17, 15) is 9.59 Å². The van der Waals surface area contributed by atoms with Crippen molar-refractivity contribution in [1.29, 1.82) is 0 Å². The third-order valence-electron chi connectivity index (χ3n) is 4.99. The maximum atomic E-state index is 12.5. The lowest BCUT2D eigenvalue weighted by Gasteiger charge is -2.33. The highest BCUT2D eigenvalue weighted by atomic mass is 35.5. The fraction of sp³-hybridized carbons (Fsp3) is 0.579. The number of aryl methyl sites for hydroxylation is 1. The SMILES string of the molecule is CCC(C)C(N)C(=O)NC1CCN(C(=O)c2ccc(C)cc2)CC1.Cl. The van der Waals surface area contributed by atoms with Gasteiger partial charge in [0.25, 0.3) is 5.91 Å². The Morgan fingerprint density at radius 2 is 1.80 bits per heavy atom. The number of carbonyl (C=O) groups is 2. The molecule has 1 aliphatic heterocycles. The minimum Gasteiger partial charge on any atom is -0.352 e. The second kappa shape index (κ2) is 9.78. The Bertz CT molecular complexity index is 569. The van der Waals surface area contributed by atoms with E-state index in [2.05, 4.69) is 5.32 Å². The molecule has 1 aliphatic rings. The molecule has 0 aliphatic carbocycles. The lowest BCUT2D eigenvalue weighted by Crippen LogP contribution is -2.52. The lowest BCUT2D eigenvalue weighted by atomic mass is 9.98. The molecule has 1 aromatic carbocycles. The number of hydrogen-bond acceptors (Lipinski definition) is 3. The molecule has 3 N–H and O–H groups in total. The summed E-state index contributed by atoms with van der Waals surface area (Å²) in [6, 6.07) is 7.30. The zero-order chi connectivity index (χ0) is 17.7. The number of halogens is 1. The molecule has 2 rings (SSSR count). The Morgan fingerprint density at radius 1 is 1.24 bits per heavy atom. The number of nitrogens with one attached hydrogen (secondary N) is 1. The molecular formula is C19H30ClN3O2. The van der Waals surface area contributed by atoms with Gasteiger partial charge in [-0.05, 0) is 37.8 Å². The number of hydrogen-bond donors (Lipinski definition) is 2. The smallest absolute Gasteiger partial charge is 0.253 e. The summed E-state index contributed by atoms with van der Waals surface area (Å²) in [6.07, 6.45) is 2.44. The van der Waals surface area contributed by atoms with E-state index in [1.807, 2.05) is 49.9 Å². The summed E-state index contributed by atoms with van der Waals surface area (Å²) in [6.45, 7) is 7.36. The van der Waals surface area contributed by atoms with Crippen molar-refractivity contribution in [2.45, 2.75) is 52.1 Å². The summed E-state index contributed by atoms with van der Waals surface area (Å²) >= 11 is 0. The standard InChI is InChI=1S/C19H29N3O2.ClH/c1-4-14(3)17(20)18(23)21-16-9-11-22(12-10-16)19(24)15-7-5-13(2)6-8-15;/h5-8,14,16-17H,4,9-12,20H2,1-3H3,(H,21,23);1H. The van der Waals surface area contributed by atoms with Crippen molar-refractivity contribution >= 4 is 24.2 Å². The van der Waals surface area contributed by atoms with Crippen LogP contribution in [0.3, 0.4) is 0 Å². The first-order chi connectivity index (χ1) is 11.4. The highest BCUT2D eigenvalue weighted by Gasteiger charge is 2.27. The number of rotatable bonds is 5. The Labute approximate surface area is 156 Å². The molecule has 5 nitrogen and oxygen atoms in total. The van der Waals surface area contributed by atoms with Crippen LogP contribution in [0.2, 0.25) is 0 Å². The number of likely N-dealkylation sites (tertiary alicyclic amines) is 1. The van der Waals surface area contributed by atoms with Crippen molar-refractivity contribution < 1.29 is 9.59 Å². The zero-order valence-corrected chi connectivity index (χ0v) is 16.1. The van der Waals surface area contributed by atoms with Crippen LogP contribution in [-0.2, 0) is 4.79 Å². The molecule has 0 bridgehead atoms. The molecular weight excluding hydrogens is 338 g/mol. The molecule has 1 saturated heterocycles. The van der Waals surface area contributed by atoms with E-state index in [1.54, 1.807) is 0 Å². The molecule has 25 heavy (non-hydrogen) atoms. The second-order valence-electron chi connectivity index (χ2n) is 6.85. The van der Waals surface area contributed by atoms with Gasteiger partial charge in [-0.15, -0.1) is 12.4 Å². The number of amides is 2. The normalized spacial score (nSPS) is 17.4. The largest absolute Gasteiger partial charge is 0.352 e. The first kappa shape index (κ1) is 21.5. The van der Waals surface area contributed by atoms with Crippen molar-refractivity contribution in [3.8, 4) is 0 Å². The third kappa shape index (κ3) is 5.72. The van der Waals surface area contributed by atoms with Crippen LogP contribution in [0.4, 0.5) is 0 Å². The number of nitrogens with zero attached hydrogens (tertiary/aromatic N) is 1. The number of carbonyl (C=O) groups excluding carboxylic acids is 2. The first-order valence-electron chi connectivity index (χ1n) is 8.84. The number of benzene rings is 1. The average Bonchev–Trinajstić information content (AvgIpc) is 2.61. The summed E-state index contributed by atoms with van der Waals surface area (Å²) in [5.41, 5.74) is 7.84. The van der Waals surface area contributed by atoms with E-state index in [0.29, 0.717) is 13.1 Å². The van der Waals surface area contributed by atoms with Crippen molar-refractivity contribution in [1.82, 2.24) is 10.2 Å². The molecule has 0 aromatic heterocycles. The van der Waals surface area contributed by atoms with Crippen LogP contribution in [0.15, 0.2) is 24.3 Å². The third-order valence-corrected chi connectivity index (χ3v) is 4.99. The summed E-state index contributed by atoms with van der Waals surface area (Å²) in [7, 11) is 0. The van der Waals surface area contributed by atoms with Gasteiger partial charge in [0.1, 0.15) is 0 Å². The highest BCUT2D eigenvalue weighted by Crippen LogP contribution is 2.15. The topological polar surface area (TPSA) is 75.4 Å². The first-order valence-corrected chi connectivity index (χ1v) is 8.84. The van der Waals surface area contributed by atoms with Crippen molar-refractivity contribution in [2.24, 2.45) is 11.7 Å². The molecule has 2 unspecified atom stereocenters. The minimum atomic E-state index is -0.456. The molecule has 1 heterocycles. The zero-order valence-electron chi connectivity index (χ0n) is 15.3. The fourth-order valence-corrected chi connectivity index (χ4v) is 2.92. The Kier molecular flexibility index (Phi) is 8.39. The Balaban J connectivity index is 0.00000312. The van der Waals surface area contributed by atoms with E-state index >= 15 is 0 Å². The van der Waals surface area contributed by atoms with E-state index in [1.165, 1.54) is 0 Å². The highest BCUT2D eigenvalue weighted by molar-refractivity contribution is 5.94. The van der Waals surface area contributed by atoms with Gasteiger partial charge in [0.15, 0.2) is 0 Å². The van der Waals surface area contributed by atoms with Crippen LogP contribution in [0.1, 0.15) is 49.0 Å². The van der Waals surface area contributed by atoms with Gasteiger partial charge in [0.2, 0.25) is 5.91 Å². The molecule has 0 spiro atoms. The summed E-state index contributed by atoms with van der Waals surface area (Å²) in [5.74, 6) is 0.164. The Hall–Kier alpha value is -1.59. The van der Waals surface area contributed by atoms with E-state index < -0.39 is 6.04 Å². The van der Waals surface area contributed by atoms with Gasteiger partial charge in [-0.25, -0.2) is 0 Å². The average molecular weight is 368 g/mol. The van der Waals surface area contributed by atoms with Gasteiger partial charge in [-0.2, -0.15) is 0 Å². The van der Waals surface area contributed by atoms with Gasteiger partial charge in [-0.1, -0.05) is 38.0 Å². The summed E-state index contributed by atoms with van der Waals surface area (Å²) < 4.78 is 0. The number of piperidine rings is 1. The van der Waals surface area contributed by atoms with Crippen LogP contribution < -0.4 is 11.1 Å². The van der Waals surface area contributed by atoms with Gasteiger partial charge >= 0.3 is 0 Å². The van der Waals surface area contributed by atoms with Crippen LogP contribution in [0.5, 0.6) is 0 Å². The molecule has 2 amide bonds. The maximum absolute atomic E-state index is 12.5. The quantitative estimate of drug-likeness (QED) is 0.839. The fourth-order valence-electron chi connectivity index (χ4n) is 2.92. The molecule has 140 valence electrons. The molecule has 6 heteroatoms. The van der Waals surface area contributed by atoms with Crippen molar-refractivity contribution in [3.05, 3.63) is 35.4 Å². The van der Waals surface area contributed by atoms with E-state index in [4.69, 9.17) is 5.73 Å². The predicted molar refractivity (Wildman–Crippen MR) is 103 cm³/mol. The molecule has 0 radical (unpaired) electrons. The van der Waals surface area contributed by atoms with Crippen LogP contribution >= 0.6 is 12.4 Å². The van der Waals surface area contributed by atoms with Crippen molar-refractivity contribution in [3.63, 3.8) is 0 Å². The van der Waals surface area contributed by atoms with Crippen LogP contribution in [0, 0.1) is 12.8 Å². The van der Waals surface area contributed by atoms with Crippen LogP contribution in [0.25, 0.3) is 0 Å². The van der Waals surface area contributed by atoms with Gasteiger partial charge in [0.05, 0.1) is 6.04 Å². The molecule has 1 fully saturated rings. The predicted octanol–water partition coefficient (Wildman–Crippen LogP) is 2.51. The van der Waals surface area contributed by atoms with Gasteiger partial charge in [0, 0.05) is 24.7 Å². The van der Waals surface area contributed by atoms with Gasteiger partial charge < -0.3 is 16.0 Å². The maximum Gasteiger partial charge on any atom is 0.253 e. The Morgan fingerprint density at radius 3 is 2.32 bits per heavy atom. The minimum absolute atomic E-state index is 0. The van der Waals surface area contributed by atoms with E-state index in [-0.39, 0.29) is 36.2 Å². The van der Waals surface area contributed by atoms with Crippen molar-refractivity contribution in [2.75, 3.05) is 13.1 Å².